The number of aliphatic carboxylic acids is 1. The summed E-state index contributed by atoms with van der Waals surface area (Å²) in [5.41, 5.74) is 0.725. The smallest absolute Gasteiger partial charge is 0.309 e. The van der Waals surface area contributed by atoms with Crippen LogP contribution in [0.5, 0.6) is 11.5 Å². The van der Waals surface area contributed by atoms with E-state index >= 15 is 0 Å². The highest BCUT2D eigenvalue weighted by Gasteiger charge is 2.38. The molecule has 2 atom stereocenters. The van der Waals surface area contributed by atoms with E-state index in [0.717, 1.165) is 5.56 Å². The van der Waals surface area contributed by atoms with Gasteiger partial charge >= 0.3 is 5.97 Å². The van der Waals surface area contributed by atoms with Gasteiger partial charge in [0.05, 0.1) is 12.0 Å². The fourth-order valence-corrected chi connectivity index (χ4v) is 2.45. The molecule has 3 rings (SSSR count). The summed E-state index contributed by atoms with van der Waals surface area (Å²) in [6, 6.07) is 4.73. The van der Waals surface area contributed by atoms with Crippen molar-refractivity contribution in [1.29, 1.82) is 0 Å². The minimum atomic E-state index is -0.974. The maximum Gasteiger partial charge on any atom is 0.309 e. The highest BCUT2D eigenvalue weighted by atomic mass is 16.6. The average Bonchev–Trinajstić information content (AvgIpc) is 2.80. The highest BCUT2D eigenvalue weighted by molar-refractivity contribution is 5.87. The van der Waals surface area contributed by atoms with E-state index in [0.29, 0.717) is 24.7 Å². The second kappa shape index (κ2) is 4.46. The van der Waals surface area contributed by atoms with Crippen LogP contribution < -0.4 is 14.8 Å². The number of fused-ring (bicyclic) bond motifs is 1. The molecule has 0 radical (unpaired) electrons. The Balaban J connectivity index is 1.93. The van der Waals surface area contributed by atoms with Gasteiger partial charge in [0.2, 0.25) is 5.91 Å². The molecule has 2 N–H and O–H groups in total. The second-order valence-corrected chi connectivity index (χ2v) is 4.60. The fourth-order valence-electron chi connectivity index (χ4n) is 2.45. The molecule has 0 spiro atoms. The minimum Gasteiger partial charge on any atom is -0.486 e. The molecule has 0 aromatic heterocycles. The number of carboxylic acids is 1. The molecule has 0 aliphatic carbocycles. The first-order chi connectivity index (χ1) is 9.15. The standard InChI is InChI=1S/C13H13NO5/c15-11-6-8(13(16)17)12(14-11)7-1-2-9-10(5-7)19-4-3-18-9/h1-2,5,8,12H,3-4,6H2,(H,14,15)(H,16,17)/t8-,12+/m1/s1. The third kappa shape index (κ3) is 2.09. The topological polar surface area (TPSA) is 84.9 Å². The maximum absolute atomic E-state index is 11.4. The number of carboxylic acid groups (broad SMARTS) is 1. The van der Waals surface area contributed by atoms with Crippen LogP contribution in [0.15, 0.2) is 18.2 Å². The zero-order valence-electron chi connectivity index (χ0n) is 10.1. The lowest BCUT2D eigenvalue weighted by Gasteiger charge is -2.21. The summed E-state index contributed by atoms with van der Waals surface area (Å²) in [7, 11) is 0. The molecule has 1 aromatic carbocycles. The largest absolute Gasteiger partial charge is 0.486 e. The quantitative estimate of drug-likeness (QED) is 0.821. The van der Waals surface area contributed by atoms with Crippen molar-refractivity contribution in [2.24, 2.45) is 5.92 Å². The molecule has 1 fully saturated rings. The van der Waals surface area contributed by atoms with Crippen LogP contribution in [0.3, 0.4) is 0 Å². The summed E-state index contributed by atoms with van der Waals surface area (Å²) in [6.07, 6.45) is 0.00837. The summed E-state index contributed by atoms with van der Waals surface area (Å²) in [6.45, 7) is 0.972. The Morgan fingerprint density at radius 2 is 2.00 bits per heavy atom. The Morgan fingerprint density at radius 1 is 1.26 bits per heavy atom. The van der Waals surface area contributed by atoms with Gasteiger partial charge in [-0.1, -0.05) is 6.07 Å². The van der Waals surface area contributed by atoms with Gasteiger partial charge < -0.3 is 19.9 Å². The van der Waals surface area contributed by atoms with Crippen molar-refractivity contribution < 1.29 is 24.2 Å². The number of rotatable bonds is 2. The SMILES string of the molecule is O=C1C[C@@H](C(=O)O)[C@H](c2ccc3c(c2)OCCO3)N1. The molecule has 1 amide bonds. The van der Waals surface area contributed by atoms with Crippen molar-refractivity contribution >= 4 is 11.9 Å². The number of ether oxygens (including phenoxy) is 2. The van der Waals surface area contributed by atoms with E-state index in [9.17, 15) is 9.59 Å². The molecule has 0 bridgehead atoms. The van der Waals surface area contributed by atoms with E-state index < -0.39 is 17.9 Å². The van der Waals surface area contributed by atoms with Gasteiger partial charge in [0.25, 0.3) is 0 Å². The van der Waals surface area contributed by atoms with Crippen molar-refractivity contribution in [2.75, 3.05) is 13.2 Å². The molecule has 0 unspecified atom stereocenters. The van der Waals surface area contributed by atoms with E-state index in [1.807, 2.05) is 0 Å². The first-order valence-electron chi connectivity index (χ1n) is 6.07. The van der Waals surface area contributed by atoms with Crippen LogP contribution in [0.1, 0.15) is 18.0 Å². The Labute approximate surface area is 109 Å². The zero-order valence-corrected chi connectivity index (χ0v) is 10.1. The summed E-state index contributed by atoms with van der Waals surface area (Å²) >= 11 is 0. The van der Waals surface area contributed by atoms with Crippen LogP contribution in [-0.2, 0) is 9.59 Å². The first kappa shape index (κ1) is 11.8. The van der Waals surface area contributed by atoms with Crippen LogP contribution >= 0.6 is 0 Å². The normalized spacial score (nSPS) is 24.9. The third-order valence-electron chi connectivity index (χ3n) is 3.37. The molecule has 2 heterocycles. The monoisotopic (exact) mass is 263 g/mol. The number of amides is 1. The van der Waals surface area contributed by atoms with Gasteiger partial charge in [-0.3, -0.25) is 9.59 Å². The lowest BCUT2D eigenvalue weighted by molar-refractivity contribution is -0.142. The van der Waals surface area contributed by atoms with Gasteiger partial charge in [-0.2, -0.15) is 0 Å². The zero-order chi connectivity index (χ0) is 13.4. The molecular weight excluding hydrogens is 250 g/mol. The predicted molar refractivity (Wildman–Crippen MR) is 64.1 cm³/mol. The second-order valence-electron chi connectivity index (χ2n) is 4.60. The molecule has 6 nitrogen and oxygen atoms in total. The minimum absolute atomic E-state index is 0.00837. The molecule has 2 aliphatic heterocycles. The van der Waals surface area contributed by atoms with Crippen LogP contribution in [-0.4, -0.2) is 30.2 Å². The summed E-state index contributed by atoms with van der Waals surface area (Å²) in [4.78, 5) is 22.6. The number of hydrogen-bond acceptors (Lipinski definition) is 4. The van der Waals surface area contributed by atoms with Crippen LogP contribution in [0, 0.1) is 5.92 Å². The Bertz CT molecular complexity index is 542. The number of benzene rings is 1. The van der Waals surface area contributed by atoms with Gasteiger partial charge in [-0.05, 0) is 17.7 Å². The molecule has 1 saturated heterocycles. The molecule has 100 valence electrons. The van der Waals surface area contributed by atoms with Gasteiger partial charge in [0.1, 0.15) is 13.2 Å². The fraction of sp³-hybridized carbons (Fsp3) is 0.385. The van der Waals surface area contributed by atoms with Crippen molar-refractivity contribution in [3.05, 3.63) is 23.8 Å². The summed E-state index contributed by atoms with van der Waals surface area (Å²) in [5, 5.41) is 11.8. The maximum atomic E-state index is 11.4. The number of carbonyl (C=O) groups excluding carboxylic acids is 1. The Hall–Kier alpha value is -2.24. The van der Waals surface area contributed by atoms with Gasteiger partial charge in [-0.15, -0.1) is 0 Å². The van der Waals surface area contributed by atoms with E-state index in [4.69, 9.17) is 14.6 Å². The van der Waals surface area contributed by atoms with Gasteiger partial charge in [-0.25, -0.2) is 0 Å². The predicted octanol–water partition coefficient (Wildman–Crippen LogP) is 0.720. The average molecular weight is 263 g/mol. The van der Waals surface area contributed by atoms with Crippen molar-refractivity contribution in [1.82, 2.24) is 5.32 Å². The molecule has 6 heteroatoms. The summed E-state index contributed by atoms with van der Waals surface area (Å²) < 4.78 is 10.9. The molecule has 19 heavy (non-hydrogen) atoms. The van der Waals surface area contributed by atoms with Crippen LogP contribution in [0.25, 0.3) is 0 Å². The Morgan fingerprint density at radius 3 is 2.74 bits per heavy atom. The number of nitrogens with one attached hydrogen (secondary N) is 1. The van der Waals surface area contributed by atoms with Crippen molar-refractivity contribution in [3.8, 4) is 11.5 Å². The summed E-state index contributed by atoms with van der Waals surface area (Å²) in [5.74, 6) is -0.721. The van der Waals surface area contributed by atoms with E-state index in [-0.39, 0.29) is 12.3 Å². The lowest BCUT2D eigenvalue weighted by Crippen LogP contribution is -2.24. The van der Waals surface area contributed by atoms with Crippen LogP contribution in [0.4, 0.5) is 0 Å². The van der Waals surface area contributed by atoms with Crippen LogP contribution in [0.2, 0.25) is 0 Å². The van der Waals surface area contributed by atoms with E-state index in [1.54, 1.807) is 18.2 Å². The Kier molecular flexibility index (Phi) is 2.77. The molecule has 2 aliphatic rings. The van der Waals surface area contributed by atoms with Gasteiger partial charge in [0, 0.05) is 6.42 Å². The highest BCUT2D eigenvalue weighted by Crippen LogP contribution is 2.37. The first-order valence-corrected chi connectivity index (χ1v) is 6.07. The number of hydrogen-bond donors (Lipinski definition) is 2. The van der Waals surface area contributed by atoms with Gasteiger partial charge in [0.15, 0.2) is 11.5 Å². The lowest BCUT2D eigenvalue weighted by atomic mass is 9.94. The molecular formula is C13H13NO5. The van der Waals surface area contributed by atoms with Crippen molar-refractivity contribution in [2.45, 2.75) is 12.5 Å². The molecule has 1 aromatic rings. The van der Waals surface area contributed by atoms with Crippen molar-refractivity contribution in [3.63, 3.8) is 0 Å². The number of carbonyl (C=O) groups is 2. The third-order valence-corrected chi connectivity index (χ3v) is 3.37. The van der Waals surface area contributed by atoms with E-state index in [2.05, 4.69) is 5.32 Å². The molecule has 0 saturated carbocycles. The van der Waals surface area contributed by atoms with E-state index in [1.165, 1.54) is 0 Å².